The van der Waals surface area contributed by atoms with Gasteiger partial charge in [0.1, 0.15) is 4.70 Å². The van der Waals surface area contributed by atoms with Gasteiger partial charge in [-0.2, -0.15) is 0 Å². The van der Waals surface area contributed by atoms with Crippen molar-refractivity contribution in [2.24, 2.45) is 0 Å². The molecule has 0 aliphatic carbocycles. The Kier molecular flexibility index (Phi) is 6.34. The molecule has 1 N–H and O–H groups in total. The van der Waals surface area contributed by atoms with Crippen LogP contribution in [0, 0.1) is 0 Å². The fourth-order valence-electron chi connectivity index (χ4n) is 2.89. The summed E-state index contributed by atoms with van der Waals surface area (Å²) in [5, 5.41) is 5.46. The number of hydrogen-bond acceptors (Lipinski definition) is 5. The minimum Gasteiger partial charge on any atom is -0.325 e. The van der Waals surface area contributed by atoms with E-state index in [0.29, 0.717) is 27.8 Å². The maximum atomic E-state index is 12.7. The van der Waals surface area contributed by atoms with Crippen LogP contribution in [-0.2, 0) is 11.3 Å². The lowest BCUT2D eigenvalue weighted by Gasteiger charge is -2.14. The third kappa shape index (κ3) is 4.42. The number of amides is 1. The number of carbonyl (C=O) groups excluding carboxylic acids is 1. The average molecular weight is 402 g/mol. The van der Waals surface area contributed by atoms with Gasteiger partial charge in [-0.25, -0.2) is 4.98 Å². The number of carbonyl (C=O) groups is 1. The average Bonchev–Trinajstić information content (AvgIpc) is 3.12. The molecule has 1 amide bonds. The lowest BCUT2D eigenvalue weighted by atomic mass is 10.0. The van der Waals surface area contributed by atoms with Crippen molar-refractivity contribution in [2.75, 3.05) is 11.1 Å². The van der Waals surface area contributed by atoms with Gasteiger partial charge >= 0.3 is 0 Å². The summed E-state index contributed by atoms with van der Waals surface area (Å²) in [5.74, 6) is 0.431. The number of fused-ring (bicyclic) bond motifs is 1. The molecule has 0 saturated heterocycles. The second kappa shape index (κ2) is 8.71. The first-order valence-electron chi connectivity index (χ1n) is 9.00. The molecule has 7 heteroatoms. The molecule has 0 aliphatic rings. The van der Waals surface area contributed by atoms with E-state index in [2.05, 4.69) is 24.1 Å². The molecule has 0 atom stereocenters. The molecule has 2 heterocycles. The van der Waals surface area contributed by atoms with Crippen molar-refractivity contribution in [3.8, 4) is 0 Å². The zero-order valence-electron chi connectivity index (χ0n) is 15.7. The molecule has 0 aliphatic heterocycles. The van der Waals surface area contributed by atoms with Crippen molar-refractivity contribution in [2.45, 2.75) is 44.8 Å². The van der Waals surface area contributed by atoms with Crippen LogP contribution in [0.5, 0.6) is 0 Å². The van der Waals surface area contributed by atoms with Gasteiger partial charge in [-0.3, -0.25) is 14.2 Å². The first-order valence-corrected chi connectivity index (χ1v) is 10.9. The fourth-order valence-corrected chi connectivity index (χ4v) is 4.49. The molecule has 27 heavy (non-hydrogen) atoms. The zero-order chi connectivity index (χ0) is 19.4. The van der Waals surface area contributed by atoms with Crippen LogP contribution >= 0.6 is 23.1 Å². The topological polar surface area (TPSA) is 64.0 Å². The molecule has 0 radical (unpaired) electrons. The van der Waals surface area contributed by atoms with Crippen molar-refractivity contribution in [3.05, 3.63) is 51.6 Å². The van der Waals surface area contributed by atoms with Gasteiger partial charge in [-0.1, -0.05) is 50.7 Å². The third-order valence-electron chi connectivity index (χ3n) is 4.17. The monoisotopic (exact) mass is 401 g/mol. The number of thiophene rings is 1. The molecule has 0 saturated carbocycles. The lowest BCUT2D eigenvalue weighted by Crippen LogP contribution is -2.23. The Morgan fingerprint density at radius 3 is 2.81 bits per heavy atom. The maximum absolute atomic E-state index is 12.7. The van der Waals surface area contributed by atoms with Gasteiger partial charge in [0, 0.05) is 12.2 Å². The normalized spacial score (nSPS) is 11.3. The van der Waals surface area contributed by atoms with Crippen LogP contribution in [0.25, 0.3) is 10.2 Å². The number of hydrogen-bond donors (Lipinski definition) is 1. The van der Waals surface area contributed by atoms with Crippen LogP contribution in [0.3, 0.4) is 0 Å². The summed E-state index contributed by atoms with van der Waals surface area (Å²) in [6.07, 6.45) is 0.833. The van der Waals surface area contributed by atoms with Gasteiger partial charge in [0.15, 0.2) is 5.16 Å². The standard InChI is InChI=1S/C20H23N3O2S2/c1-4-10-23-19(25)18-16(9-11-26-18)22-20(23)27-12-17(24)21-15-8-6-5-7-14(15)13(2)3/h5-9,11,13H,4,10,12H2,1-3H3,(H,21,24). The van der Waals surface area contributed by atoms with E-state index in [1.807, 2.05) is 42.6 Å². The van der Waals surface area contributed by atoms with Crippen molar-refractivity contribution < 1.29 is 4.79 Å². The van der Waals surface area contributed by atoms with Crippen LogP contribution in [0.2, 0.25) is 0 Å². The number of rotatable bonds is 7. The molecule has 0 unspecified atom stereocenters. The number of nitrogens with zero attached hydrogens (tertiary/aromatic N) is 2. The molecule has 0 fully saturated rings. The van der Waals surface area contributed by atoms with Crippen molar-refractivity contribution in [1.29, 1.82) is 0 Å². The SMILES string of the molecule is CCCn1c(SCC(=O)Nc2ccccc2C(C)C)nc2ccsc2c1=O. The Morgan fingerprint density at radius 2 is 2.07 bits per heavy atom. The second-order valence-electron chi connectivity index (χ2n) is 6.56. The lowest BCUT2D eigenvalue weighted by molar-refractivity contribution is -0.113. The van der Waals surface area contributed by atoms with Crippen molar-refractivity contribution in [1.82, 2.24) is 9.55 Å². The van der Waals surface area contributed by atoms with Gasteiger partial charge < -0.3 is 5.32 Å². The summed E-state index contributed by atoms with van der Waals surface area (Å²) in [5.41, 5.74) is 2.62. The zero-order valence-corrected chi connectivity index (χ0v) is 17.3. The Morgan fingerprint density at radius 1 is 1.30 bits per heavy atom. The second-order valence-corrected chi connectivity index (χ2v) is 8.42. The summed E-state index contributed by atoms with van der Waals surface area (Å²) in [6, 6.07) is 9.68. The van der Waals surface area contributed by atoms with E-state index in [0.717, 1.165) is 17.7 Å². The van der Waals surface area contributed by atoms with E-state index >= 15 is 0 Å². The minimum atomic E-state index is -0.101. The van der Waals surface area contributed by atoms with Gasteiger partial charge in [-0.15, -0.1) is 11.3 Å². The smallest absolute Gasteiger partial charge is 0.272 e. The van der Waals surface area contributed by atoms with Crippen LogP contribution in [0.15, 0.2) is 45.7 Å². The summed E-state index contributed by atoms with van der Waals surface area (Å²) >= 11 is 2.71. The molecule has 0 bridgehead atoms. The molecular formula is C20H23N3O2S2. The number of aromatic nitrogens is 2. The van der Waals surface area contributed by atoms with E-state index in [4.69, 9.17) is 0 Å². The van der Waals surface area contributed by atoms with E-state index in [1.54, 1.807) is 4.57 Å². The predicted molar refractivity (Wildman–Crippen MR) is 114 cm³/mol. The van der Waals surface area contributed by atoms with Crippen LogP contribution < -0.4 is 10.9 Å². The highest BCUT2D eigenvalue weighted by Crippen LogP contribution is 2.25. The molecule has 2 aromatic heterocycles. The number of para-hydroxylation sites is 1. The minimum absolute atomic E-state index is 0.0232. The van der Waals surface area contributed by atoms with E-state index < -0.39 is 0 Å². The Balaban J connectivity index is 1.77. The van der Waals surface area contributed by atoms with Crippen molar-refractivity contribution in [3.63, 3.8) is 0 Å². The van der Waals surface area contributed by atoms with Gasteiger partial charge in [0.2, 0.25) is 5.91 Å². The highest BCUT2D eigenvalue weighted by atomic mass is 32.2. The fraction of sp³-hybridized carbons (Fsp3) is 0.350. The third-order valence-corrected chi connectivity index (χ3v) is 6.04. The molecule has 142 valence electrons. The first-order chi connectivity index (χ1) is 13.0. The molecule has 3 aromatic rings. The number of benzene rings is 1. The number of thioether (sulfide) groups is 1. The van der Waals surface area contributed by atoms with Crippen LogP contribution in [-0.4, -0.2) is 21.2 Å². The molecule has 0 spiro atoms. The maximum Gasteiger partial charge on any atom is 0.272 e. The summed E-state index contributed by atoms with van der Waals surface area (Å²) in [7, 11) is 0. The highest BCUT2D eigenvalue weighted by molar-refractivity contribution is 7.99. The van der Waals surface area contributed by atoms with E-state index in [-0.39, 0.29) is 17.2 Å². The number of anilines is 1. The summed E-state index contributed by atoms with van der Waals surface area (Å²) < 4.78 is 2.35. The Bertz CT molecular complexity index is 1010. The van der Waals surface area contributed by atoms with Crippen LogP contribution in [0.1, 0.15) is 38.7 Å². The molecule has 5 nitrogen and oxygen atoms in total. The van der Waals surface area contributed by atoms with Crippen molar-refractivity contribution >= 4 is 44.9 Å². The van der Waals surface area contributed by atoms with E-state index in [9.17, 15) is 9.59 Å². The molecule has 1 aromatic carbocycles. The highest BCUT2D eigenvalue weighted by Gasteiger charge is 2.15. The van der Waals surface area contributed by atoms with Gasteiger partial charge in [0.05, 0.1) is 11.3 Å². The molecular weight excluding hydrogens is 378 g/mol. The first kappa shape index (κ1) is 19.6. The van der Waals surface area contributed by atoms with E-state index in [1.165, 1.54) is 23.1 Å². The Hall–Kier alpha value is -2.12. The summed E-state index contributed by atoms with van der Waals surface area (Å²) in [4.78, 5) is 29.8. The quantitative estimate of drug-likeness (QED) is 0.459. The van der Waals surface area contributed by atoms with Gasteiger partial charge in [0.25, 0.3) is 5.56 Å². The van der Waals surface area contributed by atoms with Crippen LogP contribution in [0.4, 0.5) is 5.69 Å². The van der Waals surface area contributed by atoms with Gasteiger partial charge in [-0.05, 0) is 35.4 Å². The predicted octanol–water partition coefficient (Wildman–Crippen LogP) is 4.72. The molecule has 3 rings (SSSR count). The Labute approximate surface area is 166 Å². The number of nitrogens with one attached hydrogen (secondary N) is 1. The largest absolute Gasteiger partial charge is 0.325 e. The summed E-state index contributed by atoms with van der Waals surface area (Å²) in [6.45, 7) is 6.82.